The predicted octanol–water partition coefficient (Wildman–Crippen LogP) is 1.26. The lowest BCUT2D eigenvalue weighted by atomic mass is 10.1. The number of nitrogens with zero attached hydrogens (tertiary/aromatic N) is 5. The van der Waals surface area contributed by atoms with Crippen molar-refractivity contribution in [3.63, 3.8) is 0 Å². The lowest BCUT2D eigenvalue weighted by molar-refractivity contribution is 0.263. The van der Waals surface area contributed by atoms with Gasteiger partial charge in [-0.3, -0.25) is 9.36 Å². The minimum absolute atomic E-state index is 0.0756. The van der Waals surface area contributed by atoms with Gasteiger partial charge in [-0.2, -0.15) is 5.10 Å². The van der Waals surface area contributed by atoms with Gasteiger partial charge in [-0.1, -0.05) is 0 Å². The van der Waals surface area contributed by atoms with Crippen LogP contribution in [-0.4, -0.2) is 56.6 Å². The normalized spacial score (nSPS) is 11.7. The minimum atomic E-state index is -0.166. The molecule has 0 radical (unpaired) electrons. The molecule has 0 aliphatic rings. The van der Waals surface area contributed by atoms with Crippen molar-refractivity contribution in [3.05, 3.63) is 58.9 Å². The van der Waals surface area contributed by atoms with Crippen LogP contribution in [0.4, 0.5) is 11.8 Å². The molecule has 1 atom stereocenters. The van der Waals surface area contributed by atoms with Gasteiger partial charge in [0.15, 0.2) is 0 Å². The highest BCUT2D eigenvalue weighted by atomic mass is 16.5. The molecule has 0 aliphatic carbocycles. The number of ether oxygens (including phenoxy) is 1. The van der Waals surface area contributed by atoms with Crippen molar-refractivity contribution in [2.45, 2.75) is 13.3 Å². The zero-order valence-corrected chi connectivity index (χ0v) is 16.9. The van der Waals surface area contributed by atoms with Crippen LogP contribution in [0.2, 0.25) is 0 Å². The Bertz CT molecular complexity index is 991. The number of rotatable bonds is 10. The van der Waals surface area contributed by atoms with Crippen molar-refractivity contribution in [2.75, 3.05) is 37.4 Å². The number of hydrogen-bond donors (Lipinski definition) is 3. The predicted molar refractivity (Wildman–Crippen MR) is 113 cm³/mol. The number of pyridine rings is 2. The first-order chi connectivity index (χ1) is 14.6. The van der Waals surface area contributed by atoms with Crippen molar-refractivity contribution in [2.24, 2.45) is 5.92 Å². The molecule has 0 aromatic carbocycles. The molecule has 3 N–H and O–H groups in total. The van der Waals surface area contributed by atoms with Gasteiger partial charge < -0.3 is 20.5 Å². The first kappa shape index (κ1) is 21.2. The summed E-state index contributed by atoms with van der Waals surface area (Å²) in [6.07, 6.45) is 5.50. The highest BCUT2D eigenvalue weighted by Crippen LogP contribution is 2.13. The van der Waals surface area contributed by atoms with Gasteiger partial charge in [0, 0.05) is 25.8 Å². The number of aromatic nitrogens is 5. The van der Waals surface area contributed by atoms with Crippen molar-refractivity contribution in [1.82, 2.24) is 24.7 Å². The number of anilines is 2. The van der Waals surface area contributed by atoms with Gasteiger partial charge >= 0.3 is 0 Å². The highest BCUT2D eigenvalue weighted by molar-refractivity contribution is 5.41. The van der Waals surface area contributed by atoms with E-state index in [-0.39, 0.29) is 18.1 Å². The first-order valence-electron chi connectivity index (χ1n) is 9.57. The number of aliphatic hydroxyl groups excluding tert-OH is 1. The maximum atomic E-state index is 12.1. The van der Waals surface area contributed by atoms with Gasteiger partial charge in [0.1, 0.15) is 11.6 Å². The Morgan fingerprint density at radius 1 is 1.10 bits per heavy atom. The maximum Gasteiger partial charge on any atom is 0.255 e. The minimum Gasteiger partial charge on any atom is -0.495 e. The van der Waals surface area contributed by atoms with Crippen LogP contribution in [0.5, 0.6) is 5.75 Å². The van der Waals surface area contributed by atoms with Crippen LogP contribution in [0.25, 0.3) is 5.69 Å². The molecule has 30 heavy (non-hydrogen) atoms. The smallest absolute Gasteiger partial charge is 0.255 e. The van der Waals surface area contributed by atoms with E-state index in [0.29, 0.717) is 42.7 Å². The molecule has 0 fully saturated rings. The topological polar surface area (TPSA) is 127 Å². The molecule has 0 bridgehead atoms. The molecule has 0 spiro atoms. The Labute approximate surface area is 174 Å². The second-order valence-corrected chi connectivity index (χ2v) is 6.74. The molecule has 10 nitrogen and oxygen atoms in total. The summed E-state index contributed by atoms with van der Waals surface area (Å²) in [5.74, 6) is 1.84. The molecule has 158 valence electrons. The molecule has 0 amide bonds. The third-order valence-electron chi connectivity index (χ3n) is 4.48. The van der Waals surface area contributed by atoms with Crippen LogP contribution >= 0.6 is 0 Å². The second kappa shape index (κ2) is 10.3. The highest BCUT2D eigenvalue weighted by Gasteiger charge is 2.10. The molecule has 3 aromatic rings. The molecular formula is C20H25N7O3. The lowest BCUT2D eigenvalue weighted by Gasteiger charge is -2.17. The van der Waals surface area contributed by atoms with Crippen LogP contribution in [0.15, 0.2) is 47.7 Å². The molecule has 0 saturated heterocycles. The fourth-order valence-electron chi connectivity index (χ4n) is 2.78. The summed E-state index contributed by atoms with van der Waals surface area (Å²) in [4.78, 5) is 20.6. The van der Waals surface area contributed by atoms with E-state index in [1.807, 2.05) is 6.92 Å². The summed E-state index contributed by atoms with van der Waals surface area (Å²) >= 11 is 0. The first-order valence-corrected chi connectivity index (χ1v) is 9.57. The molecule has 0 saturated carbocycles. The molecule has 0 unspecified atom stereocenters. The van der Waals surface area contributed by atoms with Crippen LogP contribution < -0.4 is 20.9 Å². The standard InChI is InChI=1S/C20H25N7O3/c1-14-9-23-20(26-25-14)24-11-15(7-8-28)10-21-18-5-3-16(12-22-18)27-13-17(30-2)4-6-19(27)29/h3-6,9,12-13,15,28H,7-8,10-11H2,1-2H3,(H,21,22)(H,23,24,26)/t15-/m1/s1. The van der Waals surface area contributed by atoms with E-state index in [0.717, 1.165) is 5.69 Å². The van der Waals surface area contributed by atoms with E-state index < -0.39 is 0 Å². The van der Waals surface area contributed by atoms with Crippen LogP contribution in [0, 0.1) is 12.8 Å². The number of aliphatic hydroxyl groups is 1. The average Bonchev–Trinajstić information content (AvgIpc) is 2.77. The maximum absolute atomic E-state index is 12.1. The van der Waals surface area contributed by atoms with Gasteiger partial charge in [0.05, 0.1) is 37.1 Å². The van der Waals surface area contributed by atoms with Gasteiger partial charge in [0.25, 0.3) is 5.56 Å². The van der Waals surface area contributed by atoms with E-state index in [9.17, 15) is 9.90 Å². The Kier molecular flexibility index (Phi) is 7.28. The SMILES string of the molecule is COc1ccc(=O)n(-c2ccc(NC[C@@H](CCO)CNc3ncc(C)nn3)nc2)c1. The Hall–Kier alpha value is -3.53. The largest absolute Gasteiger partial charge is 0.495 e. The van der Waals surface area contributed by atoms with Gasteiger partial charge in [-0.15, -0.1) is 5.10 Å². The lowest BCUT2D eigenvalue weighted by Crippen LogP contribution is -2.24. The van der Waals surface area contributed by atoms with Crippen LogP contribution in [0.1, 0.15) is 12.1 Å². The Morgan fingerprint density at radius 2 is 1.93 bits per heavy atom. The molecule has 10 heteroatoms. The van der Waals surface area contributed by atoms with Gasteiger partial charge in [0.2, 0.25) is 5.95 Å². The van der Waals surface area contributed by atoms with Gasteiger partial charge in [-0.25, -0.2) is 9.97 Å². The molecule has 0 aliphatic heterocycles. The second-order valence-electron chi connectivity index (χ2n) is 6.74. The van der Waals surface area contributed by atoms with E-state index in [4.69, 9.17) is 4.74 Å². The average molecular weight is 411 g/mol. The van der Waals surface area contributed by atoms with Crippen molar-refractivity contribution < 1.29 is 9.84 Å². The number of nitrogens with one attached hydrogen (secondary N) is 2. The van der Waals surface area contributed by atoms with Crippen molar-refractivity contribution >= 4 is 11.8 Å². The summed E-state index contributed by atoms with van der Waals surface area (Å²) in [5, 5.41) is 23.7. The fourth-order valence-corrected chi connectivity index (χ4v) is 2.78. The number of hydrogen-bond acceptors (Lipinski definition) is 9. The van der Waals surface area contributed by atoms with Crippen LogP contribution in [-0.2, 0) is 0 Å². The summed E-state index contributed by atoms with van der Waals surface area (Å²) in [6.45, 7) is 3.07. The molecular weight excluding hydrogens is 386 g/mol. The zero-order chi connectivity index (χ0) is 21.3. The molecule has 3 rings (SSSR count). The van der Waals surface area contributed by atoms with Crippen molar-refractivity contribution in [3.8, 4) is 11.4 Å². The number of methoxy groups -OCH3 is 1. The van der Waals surface area contributed by atoms with Crippen molar-refractivity contribution in [1.29, 1.82) is 0 Å². The monoisotopic (exact) mass is 411 g/mol. The van der Waals surface area contributed by atoms with Gasteiger partial charge in [-0.05, 0) is 37.5 Å². The zero-order valence-electron chi connectivity index (χ0n) is 16.9. The summed E-state index contributed by atoms with van der Waals surface area (Å²) in [5.41, 5.74) is 1.22. The summed E-state index contributed by atoms with van der Waals surface area (Å²) < 4.78 is 6.65. The Morgan fingerprint density at radius 3 is 2.60 bits per heavy atom. The molecule has 3 aromatic heterocycles. The van der Waals surface area contributed by atoms with E-state index in [2.05, 4.69) is 30.8 Å². The third kappa shape index (κ3) is 5.74. The van der Waals surface area contributed by atoms with E-state index >= 15 is 0 Å². The molecule has 3 heterocycles. The van der Waals surface area contributed by atoms with E-state index in [1.165, 1.54) is 10.6 Å². The fraction of sp³-hybridized carbons (Fsp3) is 0.350. The quantitative estimate of drug-likeness (QED) is 0.452. The number of aryl methyl sites for hydroxylation is 1. The Balaban J connectivity index is 1.59. The van der Waals surface area contributed by atoms with E-state index in [1.54, 1.807) is 43.9 Å². The summed E-state index contributed by atoms with van der Waals surface area (Å²) in [7, 11) is 1.55. The van der Waals surface area contributed by atoms with Crippen LogP contribution in [0.3, 0.4) is 0 Å². The third-order valence-corrected chi connectivity index (χ3v) is 4.48. The summed E-state index contributed by atoms with van der Waals surface area (Å²) in [6, 6.07) is 6.68.